The predicted octanol–water partition coefficient (Wildman–Crippen LogP) is 5.71. The Balaban J connectivity index is 1.58. The average molecular weight is 573 g/mol. The Kier molecular flexibility index (Phi) is 8.84. The fourth-order valence-electron chi connectivity index (χ4n) is 4.20. The lowest BCUT2D eigenvalue weighted by Crippen LogP contribution is -2.15. The van der Waals surface area contributed by atoms with Crippen molar-refractivity contribution < 1.29 is 32.3 Å². The molecular formula is C31H28N2O7S. The Morgan fingerprint density at radius 1 is 0.780 bits per heavy atom. The summed E-state index contributed by atoms with van der Waals surface area (Å²) in [6.07, 6.45) is 3.44. The van der Waals surface area contributed by atoms with E-state index in [1.165, 1.54) is 44.2 Å². The van der Waals surface area contributed by atoms with Crippen LogP contribution in [0.15, 0.2) is 89.8 Å². The molecule has 4 aromatic carbocycles. The molecule has 0 aliphatic heterocycles. The maximum Gasteiger partial charge on any atom is 0.308 e. The van der Waals surface area contributed by atoms with E-state index in [1.54, 1.807) is 48.5 Å². The first kappa shape index (κ1) is 29.0. The van der Waals surface area contributed by atoms with Crippen molar-refractivity contribution in [2.24, 2.45) is 0 Å². The summed E-state index contributed by atoms with van der Waals surface area (Å²) < 4.78 is 39.6. The van der Waals surface area contributed by atoms with E-state index in [2.05, 4.69) is 10.0 Å². The number of anilines is 2. The van der Waals surface area contributed by atoms with E-state index in [4.69, 9.17) is 9.47 Å². The highest BCUT2D eigenvalue weighted by molar-refractivity contribution is 7.93. The smallest absolute Gasteiger partial charge is 0.308 e. The van der Waals surface area contributed by atoms with Gasteiger partial charge in [0, 0.05) is 36.4 Å². The number of carbonyl (C=O) groups excluding carboxylic acids is 3. The first-order chi connectivity index (χ1) is 19.6. The first-order valence-electron chi connectivity index (χ1n) is 12.7. The van der Waals surface area contributed by atoms with Crippen molar-refractivity contribution in [2.45, 2.75) is 32.1 Å². The molecule has 0 unspecified atom stereocenters. The van der Waals surface area contributed by atoms with E-state index in [9.17, 15) is 22.8 Å². The molecule has 0 aromatic heterocycles. The number of ether oxygens (including phenoxy) is 2. The van der Waals surface area contributed by atoms with Gasteiger partial charge in [0.2, 0.25) is 5.91 Å². The van der Waals surface area contributed by atoms with Crippen LogP contribution in [-0.2, 0) is 30.8 Å². The van der Waals surface area contributed by atoms with Gasteiger partial charge in [0.1, 0.15) is 0 Å². The van der Waals surface area contributed by atoms with E-state index in [0.29, 0.717) is 34.1 Å². The molecule has 0 heterocycles. The van der Waals surface area contributed by atoms with Crippen molar-refractivity contribution >= 4 is 56.1 Å². The molecule has 4 aromatic rings. The molecule has 9 nitrogen and oxygen atoms in total. The fourth-order valence-corrected chi connectivity index (χ4v) is 5.52. The standard InChI is InChI=1S/C31H28N2O7S/c1-4-23-9-5-6-12-26(23)33-41(37,38)30-14-8-10-24-25(30)11-7-13-27(24)32-31(36)18-16-22-15-17-28(39-20(2)34)29(19-22)40-21(3)35/h5-19,33H,4H2,1-3H3,(H,32,36)/b18-16+. The first-order valence-corrected chi connectivity index (χ1v) is 14.2. The van der Waals surface area contributed by atoms with Crippen LogP contribution < -0.4 is 19.5 Å². The van der Waals surface area contributed by atoms with E-state index >= 15 is 0 Å². The Morgan fingerprint density at radius 3 is 2.17 bits per heavy atom. The monoisotopic (exact) mass is 572 g/mol. The van der Waals surface area contributed by atoms with Crippen LogP contribution in [0.25, 0.3) is 16.8 Å². The summed E-state index contributed by atoms with van der Waals surface area (Å²) in [7, 11) is -3.93. The number of aryl methyl sites for hydroxylation is 1. The number of sulfonamides is 1. The van der Waals surface area contributed by atoms with E-state index < -0.39 is 27.9 Å². The number of rotatable bonds is 9. The minimum Gasteiger partial charge on any atom is -0.423 e. The maximum absolute atomic E-state index is 13.4. The van der Waals surface area contributed by atoms with Crippen LogP contribution in [0, 0.1) is 0 Å². The van der Waals surface area contributed by atoms with Crippen molar-refractivity contribution in [3.8, 4) is 11.5 Å². The number of para-hydroxylation sites is 1. The van der Waals surface area contributed by atoms with Gasteiger partial charge in [-0.05, 0) is 54.0 Å². The SMILES string of the molecule is CCc1ccccc1NS(=O)(=O)c1cccc2c(NC(=O)/C=C/c3ccc(OC(C)=O)c(OC(C)=O)c3)cccc12. The van der Waals surface area contributed by atoms with Crippen LogP contribution in [0.1, 0.15) is 31.9 Å². The average Bonchev–Trinajstić information content (AvgIpc) is 2.92. The van der Waals surface area contributed by atoms with Gasteiger partial charge in [-0.25, -0.2) is 8.42 Å². The van der Waals surface area contributed by atoms with Gasteiger partial charge in [-0.15, -0.1) is 0 Å². The number of carbonyl (C=O) groups is 3. The summed E-state index contributed by atoms with van der Waals surface area (Å²) in [6.45, 7) is 4.39. The Bertz CT molecular complexity index is 1780. The molecule has 1 amide bonds. The largest absolute Gasteiger partial charge is 0.423 e. The van der Waals surface area contributed by atoms with E-state index in [0.717, 1.165) is 5.56 Å². The molecule has 0 atom stereocenters. The lowest BCUT2D eigenvalue weighted by Gasteiger charge is -2.14. The van der Waals surface area contributed by atoms with E-state index in [1.807, 2.05) is 19.1 Å². The van der Waals surface area contributed by atoms with Crippen LogP contribution in [-0.4, -0.2) is 26.3 Å². The highest BCUT2D eigenvalue weighted by Crippen LogP contribution is 2.31. The highest BCUT2D eigenvalue weighted by atomic mass is 32.2. The number of amides is 1. The quantitative estimate of drug-likeness (QED) is 0.149. The van der Waals surface area contributed by atoms with Crippen LogP contribution in [0.3, 0.4) is 0 Å². The van der Waals surface area contributed by atoms with Gasteiger partial charge < -0.3 is 14.8 Å². The van der Waals surface area contributed by atoms with Gasteiger partial charge in [0.25, 0.3) is 10.0 Å². The van der Waals surface area contributed by atoms with Crippen molar-refractivity contribution in [2.75, 3.05) is 10.0 Å². The summed E-state index contributed by atoms with van der Waals surface area (Å²) in [4.78, 5) is 35.7. The number of hydrogen-bond acceptors (Lipinski definition) is 7. The minimum atomic E-state index is -3.93. The minimum absolute atomic E-state index is 0.0354. The van der Waals surface area contributed by atoms with Gasteiger partial charge in [-0.1, -0.05) is 55.5 Å². The highest BCUT2D eigenvalue weighted by Gasteiger charge is 2.20. The van der Waals surface area contributed by atoms with E-state index in [-0.39, 0.29) is 16.4 Å². The zero-order valence-corrected chi connectivity index (χ0v) is 23.4. The molecule has 0 bridgehead atoms. The third-order valence-electron chi connectivity index (χ3n) is 5.97. The third kappa shape index (κ3) is 7.17. The van der Waals surface area contributed by atoms with Crippen LogP contribution in [0.2, 0.25) is 0 Å². The molecule has 2 N–H and O–H groups in total. The Hall–Kier alpha value is -4.96. The summed E-state index contributed by atoms with van der Waals surface area (Å²) in [6, 6.07) is 21.6. The molecule has 0 aliphatic carbocycles. The zero-order valence-electron chi connectivity index (χ0n) is 22.6. The van der Waals surface area contributed by atoms with Crippen molar-refractivity contribution in [1.82, 2.24) is 0 Å². The second-order valence-electron chi connectivity index (χ2n) is 8.99. The van der Waals surface area contributed by atoms with Crippen molar-refractivity contribution in [3.05, 3.63) is 96.1 Å². The summed E-state index contributed by atoms with van der Waals surface area (Å²) in [5.41, 5.74) is 2.32. The molecule has 10 heteroatoms. The molecule has 0 radical (unpaired) electrons. The topological polar surface area (TPSA) is 128 Å². The molecule has 0 fully saturated rings. The molecule has 41 heavy (non-hydrogen) atoms. The predicted molar refractivity (Wildman–Crippen MR) is 157 cm³/mol. The molecule has 0 aliphatic rings. The normalized spacial score (nSPS) is 11.3. The summed E-state index contributed by atoms with van der Waals surface area (Å²) >= 11 is 0. The molecule has 4 rings (SSSR count). The second-order valence-corrected chi connectivity index (χ2v) is 10.6. The van der Waals surface area contributed by atoms with Gasteiger partial charge in [-0.2, -0.15) is 0 Å². The molecule has 0 spiro atoms. The Morgan fingerprint density at radius 2 is 1.44 bits per heavy atom. The lowest BCUT2D eigenvalue weighted by atomic mass is 10.1. The van der Waals surface area contributed by atoms with Crippen LogP contribution in [0.5, 0.6) is 11.5 Å². The summed E-state index contributed by atoms with van der Waals surface area (Å²) in [5.74, 6) is -1.54. The number of esters is 2. The summed E-state index contributed by atoms with van der Waals surface area (Å²) in [5, 5.41) is 3.78. The second kappa shape index (κ2) is 12.5. The van der Waals surface area contributed by atoms with Gasteiger partial charge in [-0.3, -0.25) is 19.1 Å². The van der Waals surface area contributed by atoms with Gasteiger partial charge in [0.15, 0.2) is 11.5 Å². The third-order valence-corrected chi connectivity index (χ3v) is 7.40. The zero-order chi connectivity index (χ0) is 29.6. The van der Waals surface area contributed by atoms with Crippen molar-refractivity contribution in [1.29, 1.82) is 0 Å². The Labute approximate surface area is 237 Å². The number of benzene rings is 4. The molecule has 0 saturated heterocycles. The lowest BCUT2D eigenvalue weighted by molar-refractivity contribution is -0.134. The number of fused-ring (bicyclic) bond motifs is 1. The van der Waals surface area contributed by atoms with Gasteiger partial charge in [0.05, 0.1) is 10.6 Å². The number of nitrogens with one attached hydrogen (secondary N) is 2. The van der Waals surface area contributed by atoms with Crippen LogP contribution >= 0.6 is 0 Å². The fraction of sp³-hybridized carbons (Fsp3) is 0.129. The molecule has 210 valence electrons. The molecule has 0 saturated carbocycles. The molecular weight excluding hydrogens is 544 g/mol. The van der Waals surface area contributed by atoms with Gasteiger partial charge >= 0.3 is 11.9 Å². The van der Waals surface area contributed by atoms with Crippen molar-refractivity contribution in [3.63, 3.8) is 0 Å². The number of hydrogen-bond donors (Lipinski definition) is 2. The van der Waals surface area contributed by atoms with Crippen LogP contribution in [0.4, 0.5) is 11.4 Å². The maximum atomic E-state index is 13.4.